The van der Waals surface area contributed by atoms with Crippen LogP contribution in [0.1, 0.15) is 18.1 Å². The molecule has 0 bridgehead atoms. The Hall–Kier alpha value is -2.31. The van der Waals surface area contributed by atoms with Gasteiger partial charge in [0.1, 0.15) is 5.82 Å². The van der Waals surface area contributed by atoms with Gasteiger partial charge in [-0.15, -0.1) is 0 Å². The highest BCUT2D eigenvalue weighted by atomic mass is 35.5. The summed E-state index contributed by atoms with van der Waals surface area (Å²) in [4.78, 5) is 16.2. The highest BCUT2D eigenvalue weighted by Crippen LogP contribution is 2.17. The molecule has 0 spiro atoms. The maximum atomic E-state index is 6.31. The summed E-state index contributed by atoms with van der Waals surface area (Å²) in [6.45, 7) is 8.39. The molecule has 1 N–H and O–H groups in total. The van der Waals surface area contributed by atoms with Crippen molar-refractivity contribution in [1.29, 1.82) is 0 Å². The van der Waals surface area contributed by atoms with Gasteiger partial charge in [0.25, 0.3) is 0 Å². The Kier molecular flexibility index (Phi) is 7.72. The molecular weight excluding hydrogens is 384 g/mol. The van der Waals surface area contributed by atoms with Gasteiger partial charge in [0, 0.05) is 57.5 Å². The molecule has 0 amide bonds. The van der Waals surface area contributed by atoms with Crippen LogP contribution in [0.25, 0.3) is 0 Å². The van der Waals surface area contributed by atoms with Crippen molar-refractivity contribution in [3.63, 3.8) is 0 Å². The SMILES string of the molecule is CCNC(=NCc1ccc(N2CCN(C)CC2)nc1)N(C)Cc1ccccc1Cl. The molecule has 0 unspecified atom stereocenters. The van der Waals surface area contributed by atoms with Crippen molar-refractivity contribution < 1.29 is 0 Å². The lowest BCUT2D eigenvalue weighted by Crippen LogP contribution is -2.44. The number of aliphatic imine (C=N–C) groups is 1. The zero-order valence-corrected chi connectivity index (χ0v) is 18.4. The fraction of sp³-hybridized carbons (Fsp3) is 0.455. The van der Waals surface area contributed by atoms with Crippen LogP contribution in [0.3, 0.4) is 0 Å². The minimum absolute atomic E-state index is 0.589. The van der Waals surface area contributed by atoms with E-state index in [0.717, 1.165) is 60.7 Å². The van der Waals surface area contributed by atoms with Gasteiger partial charge < -0.3 is 20.0 Å². The molecule has 156 valence electrons. The molecule has 2 heterocycles. The average molecular weight is 415 g/mol. The molecule has 0 saturated carbocycles. The lowest BCUT2D eigenvalue weighted by Gasteiger charge is -2.33. The van der Waals surface area contributed by atoms with Crippen LogP contribution in [0.2, 0.25) is 5.02 Å². The molecule has 0 atom stereocenters. The van der Waals surface area contributed by atoms with Crippen molar-refractivity contribution in [3.05, 3.63) is 58.7 Å². The molecule has 6 nitrogen and oxygen atoms in total. The molecular formula is C22H31ClN6. The summed E-state index contributed by atoms with van der Waals surface area (Å²) < 4.78 is 0. The molecule has 1 saturated heterocycles. The molecule has 0 radical (unpaired) electrons. The largest absolute Gasteiger partial charge is 0.357 e. The monoisotopic (exact) mass is 414 g/mol. The fourth-order valence-corrected chi connectivity index (χ4v) is 3.52. The quantitative estimate of drug-likeness (QED) is 0.581. The number of anilines is 1. The van der Waals surface area contributed by atoms with Gasteiger partial charge >= 0.3 is 0 Å². The van der Waals surface area contributed by atoms with Crippen LogP contribution in [0, 0.1) is 0 Å². The summed E-state index contributed by atoms with van der Waals surface area (Å²) in [6, 6.07) is 12.2. The number of aromatic nitrogens is 1. The Morgan fingerprint density at radius 3 is 2.59 bits per heavy atom. The van der Waals surface area contributed by atoms with Crippen LogP contribution in [0.5, 0.6) is 0 Å². The Bertz CT molecular complexity index is 799. The number of benzene rings is 1. The summed E-state index contributed by atoms with van der Waals surface area (Å²) >= 11 is 6.31. The van der Waals surface area contributed by atoms with Crippen LogP contribution in [0.15, 0.2) is 47.6 Å². The molecule has 1 aromatic heterocycles. The molecule has 1 fully saturated rings. The minimum atomic E-state index is 0.589. The number of guanidine groups is 1. The third-order valence-corrected chi connectivity index (χ3v) is 5.48. The Morgan fingerprint density at radius 1 is 1.17 bits per heavy atom. The van der Waals surface area contributed by atoms with Gasteiger partial charge in [-0.1, -0.05) is 35.9 Å². The van der Waals surface area contributed by atoms with Crippen LogP contribution in [-0.2, 0) is 13.1 Å². The van der Waals surface area contributed by atoms with Gasteiger partial charge in [0.15, 0.2) is 5.96 Å². The van der Waals surface area contributed by atoms with Crippen molar-refractivity contribution in [3.8, 4) is 0 Å². The molecule has 7 heteroatoms. The topological polar surface area (TPSA) is 47.0 Å². The normalized spacial score (nSPS) is 15.4. The van der Waals surface area contributed by atoms with Gasteiger partial charge in [-0.3, -0.25) is 0 Å². The number of piperazine rings is 1. The van der Waals surface area contributed by atoms with E-state index in [-0.39, 0.29) is 0 Å². The lowest BCUT2D eigenvalue weighted by molar-refractivity contribution is 0.312. The number of pyridine rings is 1. The molecule has 1 aliphatic rings. The van der Waals surface area contributed by atoms with Crippen LogP contribution in [0.4, 0.5) is 5.82 Å². The maximum Gasteiger partial charge on any atom is 0.194 e. The summed E-state index contributed by atoms with van der Waals surface area (Å²) in [5.74, 6) is 1.91. The van der Waals surface area contributed by atoms with E-state index in [1.54, 1.807) is 0 Å². The van der Waals surface area contributed by atoms with Gasteiger partial charge in [0.05, 0.1) is 6.54 Å². The first-order valence-electron chi connectivity index (χ1n) is 10.2. The van der Waals surface area contributed by atoms with E-state index in [1.165, 1.54) is 0 Å². The second-order valence-corrected chi connectivity index (χ2v) is 7.84. The number of nitrogens with zero attached hydrogens (tertiary/aromatic N) is 5. The predicted molar refractivity (Wildman–Crippen MR) is 122 cm³/mol. The van der Waals surface area contributed by atoms with E-state index in [4.69, 9.17) is 16.6 Å². The van der Waals surface area contributed by atoms with E-state index in [2.05, 4.69) is 51.1 Å². The van der Waals surface area contributed by atoms with Gasteiger partial charge in [-0.2, -0.15) is 0 Å². The zero-order chi connectivity index (χ0) is 20.6. The standard InChI is InChI=1S/C22H31ClN6/c1-4-24-22(28(3)17-19-7-5-6-8-20(19)23)26-16-18-9-10-21(25-15-18)29-13-11-27(2)12-14-29/h5-10,15H,4,11-14,16-17H2,1-3H3,(H,24,26). The average Bonchev–Trinajstić information content (AvgIpc) is 2.74. The predicted octanol–water partition coefficient (Wildman–Crippen LogP) is 3.08. The first-order valence-corrected chi connectivity index (χ1v) is 10.6. The first-order chi connectivity index (χ1) is 14.1. The summed E-state index contributed by atoms with van der Waals surface area (Å²) in [5, 5.41) is 4.14. The number of nitrogens with one attached hydrogen (secondary N) is 1. The molecule has 3 rings (SSSR count). The molecule has 29 heavy (non-hydrogen) atoms. The fourth-order valence-electron chi connectivity index (χ4n) is 3.33. The van der Waals surface area contributed by atoms with E-state index >= 15 is 0 Å². The highest BCUT2D eigenvalue weighted by molar-refractivity contribution is 6.31. The maximum absolute atomic E-state index is 6.31. The molecule has 2 aromatic rings. The molecule has 0 aliphatic carbocycles. The van der Waals surface area contributed by atoms with Gasteiger partial charge in [-0.05, 0) is 37.2 Å². The third kappa shape index (κ3) is 6.08. The van der Waals surface area contributed by atoms with Crippen LogP contribution in [-0.4, -0.2) is 67.6 Å². The van der Waals surface area contributed by atoms with E-state index in [0.29, 0.717) is 13.1 Å². The second kappa shape index (κ2) is 10.5. The van der Waals surface area contributed by atoms with Crippen molar-refractivity contribution in [2.24, 2.45) is 4.99 Å². The summed E-state index contributed by atoms with van der Waals surface area (Å²) in [7, 11) is 4.19. The highest BCUT2D eigenvalue weighted by Gasteiger charge is 2.15. The van der Waals surface area contributed by atoms with Crippen molar-refractivity contribution in [2.75, 3.05) is 51.7 Å². The lowest BCUT2D eigenvalue weighted by atomic mass is 10.2. The summed E-state index contributed by atoms with van der Waals surface area (Å²) in [6.07, 6.45) is 1.94. The van der Waals surface area contributed by atoms with Crippen LogP contribution >= 0.6 is 11.6 Å². The van der Waals surface area contributed by atoms with Crippen LogP contribution < -0.4 is 10.2 Å². The van der Waals surface area contributed by atoms with Gasteiger partial charge in [-0.25, -0.2) is 9.98 Å². The first kappa shape index (κ1) is 21.4. The Morgan fingerprint density at radius 2 is 1.93 bits per heavy atom. The van der Waals surface area contributed by atoms with Crippen molar-refractivity contribution in [1.82, 2.24) is 20.1 Å². The number of rotatable bonds is 6. The smallest absolute Gasteiger partial charge is 0.194 e. The van der Waals surface area contributed by atoms with E-state index in [9.17, 15) is 0 Å². The van der Waals surface area contributed by atoms with Crippen molar-refractivity contribution >= 4 is 23.4 Å². The van der Waals surface area contributed by atoms with Gasteiger partial charge in [0.2, 0.25) is 0 Å². The number of hydrogen-bond acceptors (Lipinski definition) is 4. The molecule has 1 aliphatic heterocycles. The van der Waals surface area contributed by atoms with E-state index in [1.807, 2.05) is 37.5 Å². The second-order valence-electron chi connectivity index (χ2n) is 7.43. The molecule has 1 aromatic carbocycles. The number of halogens is 1. The van der Waals surface area contributed by atoms with E-state index < -0.39 is 0 Å². The number of hydrogen-bond donors (Lipinski definition) is 1. The third-order valence-electron chi connectivity index (χ3n) is 5.11. The Labute approximate surface area is 179 Å². The Balaban J connectivity index is 1.62. The summed E-state index contributed by atoms with van der Waals surface area (Å²) in [5.41, 5.74) is 2.19. The number of likely N-dealkylation sites (N-methyl/N-ethyl adjacent to an activating group) is 1. The van der Waals surface area contributed by atoms with Crippen molar-refractivity contribution in [2.45, 2.75) is 20.0 Å². The zero-order valence-electron chi connectivity index (χ0n) is 17.6. The minimum Gasteiger partial charge on any atom is -0.357 e.